The summed E-state index contributed by atoms with van der Waals surface area (Å²) in [5.41, 5.74) is 0.900. The molecule has 0 saturated heterocycles. The van der Waals surface area contributed by atoms with E-state index in [2.05, 4.69) is 15.3 Å². The summed E-state index contributed by atoms with van der Waals surface area (Å²) in [6, 6.07) is 9.37. The lowest BCUT2D eigenvalue weighted by molar-refractivity contribution is 0.155. The van der Waals surface area contributed by atoms with E-state index in [9.17, 15) is 4.79 Å². The number of halogens is 2. The van der Waals surface area contributed by atoms with E-state index in [4.69, 9.17) is 16.3 Å². The molecule has 1 aromatic carbocycles. The molecule has 0 spiro atoms. The quantitative estimate of drug-likeness (QED) is 0.816. The fraction of sp³-hybridized carbons (Fsp3) is 0.0833. The van der Waals surface area contributed by atoms with Crippen LogP contribution in [0.3, 0.4) is 0 Å². The molecule has 1 amide bonds. The maximum Gasteiger partial charge on any atom is 0.413 e. The van der Waals surface area contributed by atoms with E-state index in [1.165, 1.54) is 6.20 Å². The molecule has 0 bridgehead atoms. The third-order valence-electron chi connectivity index (χ3n) is 2.13. The summed E-state index contributed by atoms with van der Waals surface area (Å²) in [7, 11) is 0. The lowest BCUT2D eigenvalue weighted by Crippen LogP contribution is -2.15. The summed E-state index contributed by atoms with van der Waals surface area (Å²) in [6.45, 7) is 0.183. The van der Waals surface area contributed by atoms with Gasteiger partial charge in [0.25, 0.3) is 0 Å². The van der Waals surface area contributed by atoms with E-state index in [0.717, 1.165) is 5.56 Å². The maximum absolute atomic E-state index is 11.6. The topological polar surface area (TPSA) is 64.1 Å². The number of amides is 1. The molecular formula is C12H9ClIN3O2. The van der Waals surface area contributed by atoms with Gasteiger partial charge in [-0.15, -0.1) is 0 Å². The number of hydrogen-bond acceptors (Lipinski definition) is 4. The fourth-order valence-corrected chi connectivity index (χ4v) is 2.00. The van der Waals surface area contributed by atoms with E-state index in [1.54, 1.807) is 0 Å². The Morgan fingerprint density at radius 3 is 2.79 bits per heavy atom. The first-order valence-corrected chi connectivity index (χ1v) is 6.76. The van der Waals surface area contributed by atoms with Gasteiger partial charge in [-0.05, 0) is 28.2 Å². The number of aromatic nitrogens is 2. The van der Waals surface area contributed by atoms with Crippen molar-refractivity contribution in [2.45, 2.75) is 6.61 Å². The first kappa shape index (κ1) is 14.0. The van der Waals surface area contributed by atoms with Gasteiger partial charge in [0.05, 0.1) is 6.20 Å². The molecule has 7 heteroatoms. The predicted octanol–water partition coefficient (Wildman–Crippen LogP) is 3.48. The fourth-order valence-electron chi connectivity index (χ4n) is 1.29. The molecule has 19 heavy (non-hydrogen) atoms. The Kier molecular flexibility index (Phi) is 4.92. The summed E-state index contributed by atoms with van der Waals surface area (Å²) in [5, 5.41) is 2.57. The number of nitrogens with zero attached hydrogens (tertiary/aromatic N) is 2. The Hall–Kier alpha value is -1.41. The number of anilines is 1. The number of rotatable bonds is 3. The van der Waals surface area contributed by atoms with Crippen LogP contribution >= 0.6 is 34.2 Å². The third-order valence-corrected chi connectivity index (χ3v) is 2.92. The second kappa shape index (κ2) is 6.67. The van der Waals surface area contributed by atoms with Crippen molar-refractivity contribution >= 4 is 46.1 Å². The smallest absolute Gasteiger partial charge is 0.413 e. The van der Waals surface area contributed by atoms with Gasteiger partial charge < -0.3 is 4.74 Å². The van der Waals surface area contributed by atoms with Crippen LogP contribution in [-0.2, 0) is 11.3 Å². The first-order valence-electron chi connectivity index (χ1n) is 5.31. The van der Waals surface area contributed by atoms with Crippen LogP contribution in [0.15, 0.2) is 36.5 Å². The molecule has 1 N–H and O–H groups in total. The Morgan fingerprint density at radius 2 is 2.11 bits per heavy atom. The van der Waals surface area contributed by atoms with Crippen LogP contribution in [-0.4, -0.2) is 16.1 Å². The van der Waals surface area contributed by atoms with Crippen LogP contribution in [0.5, 0.6) is 0 Å². The summed E-state index contributed by atoms with van der Waals surface area (Å²) in [4.78, 5) is 19.5. The average molecular weight is 390 g/mol. The zero-order valence-corrected chi connectivity index (χ0v) is 12.6. The second-order valence-electron chi connectivity index (χ2n) is 3.52. The van der Waals surface area contributed by atoms with Crippen molar-refractivity contribution in [2.24, 2.45) is 0 Å². The van der Waals surface area contributed by atoms with Gasteiger partial charge in [-0.1, -0.05) is 41.9 Å². The van der Waals surface area contributed by atoms with Gasteiger partial charge in [0.2, 0.25) is 0 Å². The number of carbonyl (C=O) groups is 1. The molecule has 1 heterocycles. The maximum atomic E-state index is 11.6. The van der Waals surface area contributed by atoms with Crippen molar-refractivity contribution in [3.8, 4) is 0 Å². The zero-order chi connectivity index (χ0) is 13.7. The predicted molar refractivity (Wildman–Crippen MR) is 80.0 cm³/mol. The van der Waals surface area contributed by atoms with Crippen LogP contribution in [0.1, 0.15) is 5.56 Å². The minimum absolute atomic E-state index is 0.128. The molecule has 0 unspecified atom stereocenters. The average Bonchev–Trinajstić information content (AvgIpc) is 2.41. The third kappa shape index (κ3) is 4.32. The molecule has 0 aliphatic heterocycles. The molecule has 2 aromatic rings. The van der Waals surface area contributed by atoms with Crippen LogP contribution < -0.4 is 5.32 Å². The molecule has 0 aliphatic carbocycles. The van der Waals surface area contributed by atoms with Crippen LogP contribution in [0.25, 0.3) is 0 Å². The highest BCUT2D eigenvalue weighted by molar-refractivity contribution is 14.1. The highest BCUT2D eigenvalue weighted by Crippen LogP contribution is 2.17. The minimum atomic E-state index is -0.624. The number of nitrogens with one attached hydrogen (secondary N) is 1. The molecule has 0 saturated carbocycles. The van der Waals surface area contributed by atoms with Gasteiger partial charge in [0, 0.05) is 0 Å². The van der Waals surface area contributed by atoms with Crippen LogP contribution in [0.4, 0.5) is 10.6 Å². The largest absolute Gasteiger partial charge is 0.444 e. The van der Waals surface area contributed by atoms with Crippen molar-refractivity contribution < 1.29 is 9.53 Å². The zero-order valence-electron chi connectivity index (χ0n) is 9.64. The highest BCUT2D eigenvalue weighted by atomic mass is 127. The summed E-state index contributed by atoms with van der Waals surface area (Å²) in [6.07, 6.45) is 0.875. The second-order valence-corrected chi connectivity index (χ2v) is 4.98. The van der Waals surface area contributed by atoms with Crippen molar-refractivity contribution in [3.63, 3.8) is 0 Å². The Morgan fingerprint density at radius 1 is 1.37 bits per heavy atom. The number of hydrogen-bond donors (Lipinski definition) is 1. The summed E-state index contributed by atoms with van der Waals surface area (Å²) >= 11 is 7.82. The minimum Gasteiger partial charge on any atom is -0.444 e. The van der Waals surface area contributed by atoms with Crippen molar-refractivity contribution in [3.05, 3.63) is 50.9 Å². The van der Waals surface area contributed by atoms with Crippen molar-refractivity contribution in [1.29, 1.82) is 0 Å². The van der Waals surface area contributed by atoms with Gasteiger partial charge in [0.15, 0.2) is 11.0 Å². The monoisotopic (exact) mass is 389 g/mol. The van der Waals surface area contributed by atoms with Gasteiger partial charge in [-0.3, -0.25) is 5.32 Å². The van der Waals surface area contributed by atoms with E-state index in [0.29, 0.717) is 3.70 Å². The molecular weight excluding hydrogens is 381 g/mol. The molecule has 0 radical (unpaired) electrons. The Bertz CT molecular complexity index is 580. The van der Waals surface area contributed by atoms with Gasteiger partial charge in [-0.2, -0.15) is 0 Å². The number of ether oxygens (including phenoxy) is 1. The van der Waals surface area contributed by atoms with E-state index >= 15 is 0 Å². The van der Waals surface area contributed by atoms with Gasteiger partial charge in [-0.25, -0.2) is 14.8 Å². The molecule has 98 valence electrons. The molecule has 0 fully saturated rings. The molecule has 0 aliphatic rings. The van der Waals surface area contributed by atoms with Crippen molar-refractivity contribution in [1.82, 2.24) is 9.97 Å². The molecule has 0 atom stereocenters. The van der Waals surface area contributed by atoms with E-state index in [1.807, 2.05) is 52.9 Å². The summed E-state index contributed by atoms with van der Waals surface area (Å²) in [5.74, 6) is 0.181. The SMILES string of the molecule is O=C(Nc1ncc(I)nc1Cl)OCc1ccccc1. The van der Waals surface area contributed by atoms with Crippen LogP contribution in [0.2, 0.25) is 5.15 Å². The van der Waals surface area contributed by atoms with Gasteiger partial charge in [0.1, 0.15) is 10.3 Å². The summed E-state index contributed by atoms with van der Waals surface area (Å²) < 4.78 is 5.68. The Labute approximate surface area is 128 Å². The normalized spacial score (nSPS) is 10.0. The number of benzene rings is 1. The van der Waals surface area contributed by atoms with Crippen LogP contribution in [0, 0.1) is 3.70 Å². The lowest BCUT2D eigenvalue weighted by Gasteiger charge is -2.07. The molecule has 1 aromatic heterocycles. The highest BCUT2D eigenvalue weighted by Gasteiger charge is 2.09. The Balaban J connectivity index is 1.91. The van der Waals surface area contributed by atoms with E-state index < -0.39 is 6.09 Å². The van der Waals surface area contributed by atoms with Crippen molar-refractivity contribution in [2.75, 3.05) is 5.32 Å². The molecule has 2 rings (SSSR count). The number of carbonyl (C=O) groups excluding carboxylic acids is 1. The lowest BCUT2D eigenvalue weighted by atomic mass is 10.2. The van der Waals surface area contributed by atoms with E-state index in [-0.39, 0.29) is 17.6 Å². The standard InChI is InChI=1S/C12H9ClIN3O2/c13-10-11(15-6-9(14)16-10)17-12(18)19-7-8-4-2-1-3-5-8/h1-6H,7H2,(H,15,17,18). The molecule has 5 nitrogen and oxygen atoms in total. The first-order chi connectivity index (χ1) is 9.15. The van der Waals surface area contributed by atoms with Gasteiger partial charge >= 0.3 is 6.09 Å².